The van der Waals surface area contributed by atoms with Gasteiger partial charge in [-0.15, -0.1) is 0 Å². The van der Waals surface area contributed by atoms with Crippen molar-refractivity contribution in [2.24, 2.45) is 0 Å². The van der Waals surface area contributed by atoms with Gasteiger partial charge in [0.2, 0.25) is 10.0 Å². The lowest BCUT2D eigenvalue weighted by Crippen LogP contribution is -2.47. The summed E-state index contributed by atoms with van der Waals surface area (Å²) in [6, 6.07) is 3.41. The van der Waals surface area contributed by atoms with Crippen molar-refractivity contribution >= 4 is 15.9 Å². The molecule has 0 bridgehead atoms. The molecule has 0 atom stereocenters. The molecule has 1 amide bonds. The lowest BCUT2D eigenvalue weighted by molar-refractivity contribution is 0.0664. The maximum absolute atomic E-state index is 13.9. The molecule has 1 aliphatic heterocycles. The van der Waals surface area contributed by atoms with Crippen molar-refractivity contribution in [3.8, 4) is 0 Å². The Morgan fingerprint density at radius 1 is 1.22 bits per heavy atom. The second kappa shape index (κ2) is 6.18. The molecule has 23 heavy (non-hydrogen) atoms. The number of sulfonamides is 1. The van der Waals surface area contributed by atoms with Gasteiger partial charge in [-0.3, -0.25) is 4.79 Å². The molecule has 2 aliphatic rings. The van der Waals surface area contributed by atoms with Crippen LogP contribution in [0.1, 0.15) is 23.2 Å². The Kier molecular flexibility index (Phi) is 4.39. The van der Waals surface area contributed by atoms with Gasteiger partial charge in [-0.25, -0.2) is 17.5 Å². The van der Waals surface area contributed by atoms with Crippen LogP contribution in [-0.2, 0) is 10.0 Å². The van der Waals surface area contributed by atoms with Crippen molar-refractivity contribution in [2.45, 2.75) is 23.8 Å². The highest BCUT2D eigenvalue weighted by Gasteiger charge is 2.30. The van der Waals surface area contributed by atoms with E-state index in [2.05, 4.69) is 9.62 Å². The van der Waals surface area contributed by atoms with Crippen LogP contribution in [0.25, 0.3) is 0 Å². The maximum atomic E-state index is 13.9. The summed E-state index contributed by atoms with van der Waals surface area (Å²) in [6.45, 7) is 2.69. The zero-order chi connectivity index (χ0) is 16.6. The summed E-state index contributed by atoms with van der Waals surface area (Å²) in [6.07, 6.45) is 1.53. The van der Waals surface area contributed by atoms with Gasteiger partial charge in [0.1, 0.15) is 10.7 Å². The highest BCUT2D eigenvalue weighted by Crippen LogP contribution is 2.24. The second-order valence-corrected chi connectivity index (χ2v) is 7.82. The fraction of sp³-hybridized carbons (Fsp3) is 0.533. The Labute approximate surface area is 135 Å². The molecule has 126 valence electrons. The Bertz CT molecular complexity index is 711. The highest BCUT2D eigenvalue weighted by molar-refractivity contribution is 7.89. The molecule has 8 heteroatoms. The van der Waals surface area contributed by atoms with Crippen LogP contribution in [0.2, 0.25) is 0 Å². The second-order valence-electron chi connectivity index (χ2n) is 6.14. The quantitative estimate of drug-likeness (QED) is 0.873. The van der Waals surface area contributed by atoms with Crippen LogP contribution in [-0.4, -0.2) is 63.4 Å². The van der Waals surface area contributed by atoms with Gasteiger partial charge >= 0.3 is 0 Å². The summed E-state index contributed by atoms with van der Waals surface area (Å²) in [5.41, 5.74) is 0.201. The van der Waals surface area contributed by atoms with Crippen molar-refractivity contribution in [3.63, 3.8) is 0 Å². The third kappa shape index (κ3) is 3.70. The molecular formula is C15H20FN3O3S. The van der Waals surface area contributed by atoms with Crippen LogP contribution < -0.4 is 4.72 Å². The fourth-order valence-electron chi connectivity index (χ4n) is 2.52. The van der Waals surface area contributed by atoms with Gasteiger partial charge in [0, 0.05) is 37.8 Å². The molecular weight excluding hydrogens is 321 g/mol. The third-order valence-electron chi connectivity index (χ3n) is 4.16. The average Bonchev–Trinajstić information content (AvgIpc) is 3.31. The van der Waals surface area contributed by atoms with E-state index >= 15 is 0 Å². The lowest BCUT2D eigenvalue weighted by atomic mass is 10.2. The fourth-order valence-corrected chi connectivity index (χ4v) is 3.93. The van der Waals surface area contributed by atoms with E-state index in [4.69, 9.17) is 0 Å². The van der Waals surface area contributed by atoms with Gasteiger partial charge in [0.05, 0.1) is 0 Å². The predicted octanol–water partition coefficient (Wildman–Crippen LogP) is 0.654. The number of halogens is 1. The number of hydrogen-bond acceptors (Lipinski definition) is 4. The molecule has 1 aromatic carbocycles. The van der Waals surface area contributed by atoms with Gasteiger partial charge < -0.3 is 9.80 Å². The van der Waals surface area contributed by atoms with Gasteiger partial charge in [-0.05, 0) is 38.1 Å². The summed E-state index contributed by atoms with van der Waals surface area (Å²) >= 11 is 0. The molecule has 0 spiro atoms. The minimum atomic E-state index is -3.93. The van der Waals surface area contributed by atoms with Crippen LogP contribution in [0.4, 0.5) is 4.39 Å². The van der Waals surface area contributed by atoms with E-state index in [1.165, 1.54) is 6.07 Å². The molecule has 1 saturated heterocycles. The summed E-state index contributed by atoms with van der Waals surface area (Å²) in [4.78, 5) is 15.8. The summed E-state index contributed by atoms with van der Waals surface area (Å²) < 4.78 is 40.8. The van der Waals surface area contributed by atoms with Crippen LogP contribution in [0, 0.1) is 5.82 Å². The van der Waals surface area contributed by atoms with Gasteiger partial charge in [-0.1, -0.05) is 0 Å². The van der Waals surface area contributed by atoms with Crippen molar-refractivity contribution in [2.75, 3.05) is 33.2 Å². The van der Waals surface area contributed by atoms with Crippen LogP contribution in [0.15, 0.2) is 23.1 Å². The first kappa shape index (κ1) is 16.4. The SMILES string of the molecule is CN1CCN(C(=O)c2ccc(F)c(S(=O)(=O)NC3CC3)c2)CC1. The molecule has 0 aromatic heterocycles. The molecule has 6 nitrogen and oxygen atoms in total. The first-order valence-electron chi connectivity index (χ1n) is 7.66. The number of carbonyl (C=O) groups is 1. The standard InChI is InChI=1S/C15H20FN3O3S/c1-18-6-8-19(9-7-18)15(20)11-2-5-13(16)14(10-11)23(21,22)17-12-3-4-12/h2,5,10,12,17H,3-4,6-9H2,1H3. The van der Waals surface area contributed by atoms with Crippen molar-refractivity contribution in [1.29, 1.82) is 0 Å². The number of benzene rings is 1. The number of likely N-dealkylation sites (N-methyl/N-ethyl adjacent to an activating group) is 1. The van der Waals surface area contributed by atoms with Crippen molar-refractivity contribution in [3.05, 3.63) is 29.6 Å². The van der Waals surface area contributed by atoms with Gasteiger partial charge in [0.25, 0.3) is 5.91 Å². The molecule has 1 saturated carbocycles. The molecule has 1 aliphatic carbocycles. The minimum absolute atomic E-state index is 0.114. The number of rotatable bonds is 4. The molecule has 0 unspecified atom stereocenters. The molecule has 1 N–H and O–H groups in total. The van der Waals surface area contributed by atoms with Crippen LogP contribution in [0.5, 0.6) is 0 Å². The first-order chi connectivity index (χ1) is 10.9. The monoisotopic (exact) mass is 341 g/mol. The van der Waals surface area contributed by atoms with E-state index in [-0.39, 0.29) is 17.5 Å². The van der Waals surface area contributed by atoms with Crippen molar-refractivity contribution in [1.82, 2.24) is 14.5 Å². The van der Waals surface area contributed by atoms with Crippen LogP contribution in [0.3, 0.4) is 0 Å². The molecule has 1 heterocycles. The molecule has 1 aromatic rings. The normalized spacial score (nSPS) is 19.8. The van der Waals surface area contributed by atoms with E-state index in [9.17, 15) is 17.6 Å². The number of nitrogens with one attached hydrogen (secondary N) is 1. The van der Waals surface area contributed by atoms with E-state index in [0.29, 0.717) is 13.1 Å². The summed E-state index contributed by atoms with van der Waals surface area (Å²) in [5, 5.41) is 0. The third-order valence-corrected chi connectivity index (χ3v) is 5.69. The highest BCUT2D eigenvalue weighted by atomic mass is 32.2. The van der Waals surface area contributed by atoms with Crippen molar-refractivity contribution < 1.29 is 17.6 Å². The Morgan fingerprint density at radius 2 is 1.87 bits per heavy atom. The van der Waals surface area contributed by atoms with Crippen LogP contribution >= 0.6 is 0 Å². The largest absolute Gasteiger partial charge is 0.336 e. The van der Waals surface area contributed by atoms with Gasteiger partial charge in [0.15, 0.2) is 0 Å². The first-order valence-corrected chi connectivity index (χ1v) is 9.15. The molecule has 3 rings (SSSR count). The van der Waals surface area contributed by atoms with E-state index in [1.807, 2.05) is 7.05 Å². The summed E-state index contributed by atoms with van der Waals surface area (Å²) in [5.74, 6) is -1.10. The van der Waals surface area contributed by atoms with E-state index in [0.717, 1.165) is 38.1 Å². The number of carbonyl (C=O) groups excluding carboxylic acids is 1. The Hall–Kier alpha value is -1.51. The minimum Gasteiger partial charge on any atom is -0.336 e. The predicted molar refractivity (Wildman–Crippen MR) is 83.1 cm³/mol. The number of hydrogen-bond donors (Lipinski definition) is 1. The Balaban J connectivity index is 1.83. The lowest BCUT2D eigenvalue weighted by Gasteiger charge is -2.32. The topological polar surface area (TPSA) is 69.7 Å². The molecule has 0 radical (unpaired) electrons. The average molecular weight is 341 g/mol. The number of piperazine rings is 1. The smallest absolute Gasteiger partial charge is 0.253 e. The van der Waals surface area contributed by atoms with E-state index < -0.39 is 20.7 Å². The zero-order valence-electron chi connectivity index (χ0n) is 13.0. The maximum Gasteiger partial charge on any atom is 0.253 e. The van der Waals surface area contributed by atoms with Gasteiger partial charge in [-0.2, -0.15) is 0 Å². The number of nitrogens with zero attached hydrogens (tertiary/aromatic N) is 2. The van der Waals surface area contributed by atoms with E-state index in [1.54, 1.807) is 4.90 Å². The summed E-state index contributed by atoms with van der Waals surface area (Å²) in [7, 11) is -1.95. The molecule has 2 fully saturated rings. The Morgan fingerprint density at radius 3 is 2.48 bits per heavy atom. The number of amides is 1. The zero-order valence-corrected chi connectivity index (χ0v) is 13.8.